The Balaban J connectivity index is 3.60. The standard InChI is InChI=1S/C8H5F3N2O4/c9-8(10,11)4-1-3(7(14)15)2-5(6(4)12)13(16)17/h1-2H,12H2,(H,14,15). The maximum atomic E-state index is 12.4. The molecule has 9 heteroatoms. The minimum atomic E-state index is -4.96. The Hall–Kier alpha value is -2.32. The zero-order valence-electron chi connectivity index (χ0n) is 7.99. The first kappa shape index (κ1) is 12.7. The second kappa shape index (κ2) is 3.92. The monoisotopic (exact) mass is 250 g/mol. The Kier molecular flexibility index (Phi) is 2.94. The Morgan fingerprint density at radius 3 is 2.29 bits per heavy atom. The van der Waals surface area contributed by atoms with Crippen LogP contribution in [0.15, 0.2) is 12.1 Å². The van der Waals surface area contributed by atoms with Crippen LogP contribution in [0.25, 0.3) is 0 Å². The van der Waals surface area contributed by atoms with Crippen LogP contribution in [0.5, 0.6) is 0 Å². The van der Waals surface area contributed by atoms with Crippen molar-refractivity contribution in [3.05, 3.63) is 33.4 Å². The van der Waals surface area contributed by atoms with Crippen molar-refractivity contribution in [2.24, 2.45) is 0 Å². The number of nitro groups is 1. The summed E-state index contributed by atoms with van der Waals surface area (Å²) in [5.41, 5.74) is 0.408. The lowest BCUT2D eigenvalue weighted by molar-refractivity contribution is -0.384. The quantitative estimate of drug-likeness (QED) is 0.473. The first-order valence-corrected chi connectivity index (χ1v) is 4.03. The van der Waals surface area contributed by atoms with E-state index in [0.717, 1.165) is 0 Å². The fourth-order valence-corrected chi connectivity index (χ4v) is 1.15. The molecule has 0 saturated carbocycles. The molecular weight excluding hydrogens is 245 g/mol. The van der Waals surface area contributed by atoms with E-state index in [1.807, 2.05) is 0 Å². The SMILES string of the molecule is Nc1c([N+](=O)[O-])cc(C(=O)O)cc1C(F)(F)F. The molecule has 0 fully saturated rings. The van der Waals surface area contributed by atoms with Gasteiger partial charge >= 0.3 is 12.1 Å². The molecule has 1 aromatic carbocycles. The Bertz CT molecular complexity index is 498. The third-order valence-electron chi connectivity index (χ3n) is 1.91. The summed E-state index contributed by atoms with van der Waals surface area (Å²) in [6.45, 7) is 0. The highest BCUT2D eigenvalue weighted by Crippen LogP contribution is 2.38. The molecule has 0 bridgehead atoms. The van der Waals surface area contributed by atoms with Gasteiger partial charge in [-0.1, -0.05) is 0 Å². The molecule has 0 unspecified atom stereocenters. The number of nitro benzene ring substituents is 1. The zero-order chi connectivity index (χ0) is 13.4. The number of hydrogen-bond acceptors (Lipinski definition) is 4. The van der Waals surface area contributed by atoms with Gasteiger partial charge in [0.15, 0.2) is 0 Å². The van der Waals surface area contributed by atoms with Crippen LogP contribution in [0.3, 0.4) is 0 Å². The van der Waals surface area contributed by atoms with Gasteiger partial charge in [-0.25, -0.2) is 4.79 Å². The van der Waals surface area contributed by atoms with Gasteiger partial charge in [-0.15, -0.1) is 0 Å². The lowest BCUT2D eigenvalue weighted by atomic mass is 10.1. The van der Waals surface area contributed by atoms with Crippen LogP contribution in [-0.4, -0.2) is 16.0 Å². The lowest BCUT2D eigenvalue weighted by Gasteiger charge is -2.10. The van der Waals surface area contributed by atoms with E-state index in [0.29, 0.717) is 6.07 Å². The normalized spacial score (nSPS) is 11.2. The molecule has 0 aliphatic carbocycles. The number of nitrogens with two attached hydrogens (primary N) is 1. The molecule has 6 nitrogen and oxygen atoms in total. The van der Waals surface area contributed by atoms with Crippen molar-refractivity contribution in [2.75, 3.05) is 5.73 Å². The number of rotatable bonds is 2. The minimum Gasteiger partial charge on any atom is -0.478 e. The maximum absolute atomic E-state index is 12.4. The van der Waals surface area contributed by atoms with E-state index in [9.17, 15) is 28.1 Å². The average Bonchev–Trinajstić information content (AvgIpc) is 2.15. The molecule has 1 aromatic rings. The van der Waals surface area contributed by atoms with Crippen molar-refractivity contribution in [1.82, 2.24) is 0 Å². The van der Waals surface area contributed by atoms with Crippen LogP contribution in [0, 0.1) is 10.1 Å². The Labute approximate surface area is 91.6 Å². The Morgan fingerprint density at radius 2 is 1.94 bits per heavy atom. The lowest BCUT2D eigenvalue weighted by Crippen LogP contribution is -2.13. The molecule has 0 atom stereocenters. The molecule has 17 heavy (non-hydrogen) atoms. The van der Waals surface area contributed by atoms with Crippen molar-refractivity contribution in [3.8, 4) is 0 Å². The van der Waals surface area contributed by atoms with E-state index in [-0.39, 0.29) is 6.07 Å². The van der Waals surface area contributed by atoms with Crippen LogP contribution in [0.4, 0.5) is 24.5 Å². The molecule has 0 saturated heterocycles. The first-order valence-electron chi connectivity index (χ1n) is 4.03. The predicted molar refractivity (Wildman–Crippen MR) is 49.5 cm³/mol. The number of benzene rings is 1. The van der Waals surface area contributed by atoms with Crippen LogP contribution >= 0.6 is 0 Å². The highest BCUT2D eigenvalue weighted by Gasteiger charge is 2.37. The van der Waals surface area contributed by atoms with E-state index in [2.05, 4.69) is 0 Å². The highest BCUT2D eigenvalue weighted by atomic mass is 19.4. The van der Waals surface area contributed by atoms with E-state index in [1.54, 1.807) is 0 Å². The van der Waals surface area contributed by atoms with Crippen LogP contribution in [0.1, 0.15) is 15.9 Å². The van der Waals surface area contributed by atoms with Crippen molar-refractivity contribution >= 4 is 17.3 Å². The second-order valence-corrected chi connectivity index (χ2v) is 3.02. The molecule has 0 aliphatic heterocycles. The van der Waals surface area contributed by atoms with Crippen LogP contribution < -0.4 is 5.73 Å². The number of alkyl halides is 3. The summed E-state index contributed by atoms with van der Waals surface area (Å²) < 4.78 is 37.3. The van der Waals surface area contributed by atoms with Gasteiger partial charge in [0.25, 0.3) is 5.69 Å². The van der Waals surface area contributed by atoms with Gasteiger partial charge in [0.05, 0.1) is 16.1 Å². The number of carbonyl (C=O) groups is 1. The number of nitrogen functional groups attached to an aromatic ring is 1. The number of carboxylic acid groups (broad SMARTS) is 1. The third-order valence-corrected chi connectivity index (χ3v) is 1.91. The summed E-state index contributed by atoms with van der Waals surface area (Å²) in [6, 6.07) is 0.734. The first-order chi connectivity index (χ1) is 7.64. The van der Waals surface area contributed by atoms with Crippen molar-refractivity contribution in [2.45, 2.75) is 6.18 Å². The van der Waals surface area contributed by atoms with Gasteiger partial charge in [0.1, 0.15) is 5.69 Å². The molecule has 0 amide bonds. The summed E-state index contributed by atoms with van der Waals surface area (Å²) in [7, 11) is 0. The number of aromatic carboxylic acids is 1. The predicted octanol–water partition coefficient (Wildman–Crippen LogP) is 1.89. The number of hydrogen-bond donors (Lipinski definition) is 2. The van der Waals surface area contributed by atoms with Crippen LogP contribution in [-0.2, 0) is 6.18 Å². The topological polar surface area (TPSA) is 106 Å². The van der Waals surface area contributed by atoms with Gasteiger partial charge in [0, 0.05) is 6.07 Å². The van der Waals surface area contributed by atoms with E-state index < -0.39 is 39.6 Å². The molecule has 3 N–H and O–H groups in total. The molecule has 0 spiro atoms. The summed E-state index contributed by atoms with van der Waals surface area (Å²) in [5.74, 6) is -1.71. The molecule has 0 heterocycles. The summed E-state index contributed by atoms with van der Waals surface area (Å²) in [6.07, 6.45) is -4.96. The number of nitrogens with zero attached hydrogens (tertiary/aromatic N) is 1. The van der Waals surface area contributed by atoms with Gasteiger partial charge in [-0.2, -0.15) is 13.2 Å². The Morgan fingerprint density at radius 1 is 1.41 bits per heavy atom. The maximum Gasteiger partial charge on any atom is 0.418 e. The van der Waals surface area contributed by atoms with Gasteiger partial charge in [0.2, 0.25) is 0 Å². The molecular formula is C8H5F3N2O4. The summed E-state index contributed by atoms with van der Waals surface area (Å²) in [4.78, 5) is 19.8. The molecule has 92 valence electrons. The van der Waals surface area contributed by atoms with E-state index in [4.69, 9.17) is 10.8 Å². The molecule has 0 aromatic heterocycles. The molecule has 0 aliphatic rings. The van der Waals surface area contributed by atoms with Gasteiger partial charge in [-0.05, 0) is 6.07 Å². The summed E-state index contributed by atoms with van der Waals surface area (Å²) >= 11 is 0. The smallest absolute Gasteiger partial charge is 0.418 e. The largest absolute Gasteiger partial charge is 0.478 e. The van der Waals surface area contributed by atoms with E-state index in [1.165, 1.54) is 0 Å². The molecule has 0 radical (unpaired) electrons. The van der Waals surface area contributed by atoms with Crippen molar-refractivity contribution in [3.63, 3.8) is 0 Å². The minimum absolute atomic E-state index is 0.255. The van der Waals surface area contributed by atoms with Crippen LogP contribution in [0.2, 0.25) is 0 Å². The van der Waals surface area contributed by atoms with Gasteiger partial charge in [-0.3, -0.25) is 10.1 Å². The van der Waals surface area contributed by atoms with E-state index >= 15 is 0 Å². The third kappa shape index (κ3) is 2.44. The summed E-state index contributed by atoms with van der Waals surface area (Å²) in [5, 5.41) is 19.0. The van der Waals surface area contributed by atoms with Gasteiger partial charge < -0.3 is 10.8 Å². The fourth-order valence-electron chi connectivity index (χ4n) is 1.15. The highest BCUT2D eigenvalue weighted by molar-refractivity contribution is 5.90. The zero-order valence-corrected chi connectivity index (χ0v) is 7.99. The molecule has 1 rings (SSSR count). The number of carboxylic acids is 1. The second-order valence-electron chi connectivity index (χ2n) is 3.02. The average molecular weight is 250 g/mol. The number of halogens is 3. The fraction of sp³-hybridized carbons (Fsp3) is 0.125. The number of anilines is 1. The van der Waals surface area contributed by atoms with Crippen molar-refractivity contribution in [1.29, 1.82) is 0 Å². The van der Waals surface area contributed by atoms with Crippen molar-refractivity contribution < 1.29 is 28.0 Å².